The van der Waals surface area contributed by atoms with Gasteiger partial charge in [0, 0.05) is 7.05 Å². The first kappa shape index (κ1) is 13.5. The number of carbonyl (C=O) groups excluding carboxylic acids is 1. The van der Waals surface area contributed by atoms with Crippen molar-refractivity contribution in [3.05, 3.63) is 0 Å². The van der Waals surface area contributed by atoms with Crippen LogP contribution in [-0.2, 0) is 14.1 Å². The monoisotopic (exact) mass is 227 g/mol. The van der Waals surface area contributed by atoms with E-state index in [0.717, 1.165) is 0 Å². The van der Waals surface area contributed by atoms with Gasteiger partial charge in [0.05, 0.1) is 16.5 Å². The first-order valence-electron chi connectivity index (χ1n) is 5.62. The summed E-state index contributed by atoms with van der Waals surface area (Å²) in [6, 6.07) is 0. The fraction of sp³-hybridized carbons (Fsp3) is 0.909. The van der Waals surface area contributed by atoms with Gasteiger partial charge in [-0.2, -0.15) is 0 Å². The number of rotatable bonds is 2. The topological polar surface area (TPSA) is 47.6 Å². The molecule has 4 nitrogen and oxygen atoms in total. The average molecular weight is 227 g/mol. The fourth-order valence-corrected chi connectivity index (χ4v) is 1.57. The Labute approximate surface area is 98.2 Å². The average Bonchev–Trinajstić information content (AvgIpc) is 2.35. The minimum atomic E-state index is -0.695. The highest BCUT2D eigenvalue weighted by molar-refractivity contribution is 6.55. The second-order valence-corrected chi connectivity index (χ2v) is 5.89. The molecule has 92 valence electrons. The highest BCUT2D eigenvalue weighted by Gasteiger charge is 2.58. The van der Waals surface area contributed by atoms with Crippen LogP contribution >= 0.6 is 0 Å². The molecule has 1 amide bonds. The second-order valence-electron chi connectivity index (χ2n) is 5.89. The van der Waals surface area contributed by atoms with Crippen molar-refractivity contribution in [2.24, 2.45) is 0 Å². The molecule has 0 aromatic heterocycles. The maximum absolute atomic E-state index is 11.8. The molecule has 0 radical (unpaired) electrons. The van der Waals surface area contributed by atoms with E-state index in [1.165, 1.54) is 0 Å². The van der Waals surface area contributed by atoms with Crippen LogP contribution in [0.1, 0.15) is 41.5 Å². The van der Waals surface area contributed by atoms with Gasteiger partial charge in [0.15, 0.2) is 0 Å². The Balaban J connectivity index is 2.92. The largest absolute Gasteiger partial charge is 0.473 e. The Morgan fingerprint density at radius 2 is 1.50 bits per heavy atom. The Kier molecular flexibility index (Phi) is 3.16. The van der Waals surface area contributed by atoms with Crippen LogP contribution in [0.5, 0.6) is 0 Å². The molecule has 1 aliphatic heterocycles. The SMILES string of the molecule is CNC(=O)C(C)(C)B1OC(C)(C)C(C)(C)O1. The fourth-order valence-electron chi connectivity index (χ4n) is 1.57. The molecule has 0 atom stereocenters. The summed E-state index contributed by atoms with van der Waals surface area (Å²) in [5.74, 6) is -0.0778. The predicted molar refractivity (Wildman–Crippen MR) is 64.2 cm³/mol. The molecule has 1 heterocycles. The number of hydrogen-bond donors (Lipinski definition) is 1. The molecule has 1 rings (SSSR count). The van der Waals surface area contributed by atoms with Crippen molar-refractivity contribution in [1.29, 1.82) is 0 Å². The summed E-state index contributed by atoms with van der Waals surface area (Å²) in [4.78, 5) is 11.8. The Morgan fingerprint density at radius 3 is 1.81 bits per heavy atom. The molecule has 0 aliphatic carbocycles. The summed E-state index contributed by atoms with van der Waals surface area (Å²) in [6.45, 7) is 11.6. The van der Waals surface area contributed by atoms with Crippen LogP contribution in [0, 0.1) is 0 Å². The lowest BCUT2D eigenvalue weighted by Gasteiger charge is -2.32. The highest BCUT2D eigenvalue weighted by Crippen LogP contribution is 2.44. The van der Waals surface area contributed by atoms with Crippen LogP contribution in [-0.4, -0.2) is 31.3 Å². The maximum Gasteiger partial charge on any atom is 0.473 e. The van der Waals surface area contributed by atoms with E-state index in [2.05, 4.69) is 5.32 Å². The quantitative estimate of drug-likeness (QED) is 0.729. The first-order valence-corrected chi connectivity index (χ1v) is 5.62. The van der Waals surface area contributed by atoms with Crippen LogP contribution in [0.15, 0.2) is 0 Å². The van der Waals surface area contributed by atoms with Crippen LogP contribution in [0.25, 0.3) is 0 Å². The smallest absolute Gasteiger partial charge is 0.403 e. The molecule has 0 aromatic carbocycles. The normalized spacial score (nSPS) is 23.3. The van der Waals surface area contributed by atoms with E-state index in [4.69, 9.17) is 9.31 Å². The Bertz CT molecular complexity index is 284. The molecular weight excluding hydrogens is 205 g/mol. The van der Waals surface area contributed by atoms with Crippen LogP contribution in [0.2, 0.25) is 5.31 Å². The van der Waals surface area contributed by atoms with Gasteiger partial charge in [0.25, 0.3) is 0 Å². The molecule has 1 aliphatic rings. The zero-order chi connectivity index (χ0) is 12.8. The summed E-state index contributed by atoms with van der Waals surface area (Å²) in [5.41, 5.74) is -0.800. The van der Waals surface area contributed by atoms with Gasteiger partial charge >= 0.3 is 7.12 Å². The lowest BCUT2D eigenvalue weighted by molar-refractivity contribution is -0.123. The van der Waals surface area contributed by atoms with E-state index in [9.17, 15) is 4.79 Å². The van der Waals surface area contributed by atoms with Crippen LogP contribution < -0.4 is 5.32 Å². The van der Waals surface area contributed by atoms with Crippen molar-refractivity contribution in [3.8, 4) is 0 Å². The summed E-state index contributed by atoms with van der Waals surface area (Å²) >= 11 is 0. The standard InChI is InChI=1S/C11H22BNO3/c1-9(2,8(14)13-7)12-15-10(3,4)11(5,6)16-12/h1-7H3,(H,13,14). The van der Waals surface area contributed by atoms with Crippen LogP contribution in [0.4, 0.5) is 0 Å². The van der Waals surface area contributed by atoms with Gasteiger partial charge in [-0.05, 0) is 27.7 Å². The van der Waals surface area contributed by atoms with Crippen molar-refractivity contribution in [2.45, 2.75) is 58.1 Å². The summed E-state index contributed by atoms with van der Waals surface area (Å²) in [7, 11) is 1.10. The van der Waals surface area contributed by atoms with Gasteiger partial charge < -0.3 is 14.6 Å². The highest BCUT2D eigenvalue weighted by atomic mass is 16.7. The van der Waals surface area contributed by atoms with Gasteiger partial charge in [-0.1, -0.05) is 13.8 Å². The summed E-state index contributed by atoms with van der Waals surface area (Å²) in [6.07, 6.45) is 0. The molecule has 1 saturated heterocycles. The molecule has 5 heteroatoms. The zero-order valence-electron chi connectivity index (χ0n) is 11.3. The molecule has 0 aromatic rings. The summed E-state index contributed by atoms with van der Waals surface area (Å²) < 4.78 is 11.7. The summed E-state index contributed by atoms with van der Waals surface area (Å²) in [5, 5.41) is 1.94. The predicted octanol–water partition coefficient (Wildman–Crippen LogP) is 1.60. The Hall–Kier alpha value is -0.545. The lowest BCUT2D eigenvalue weighted by Crippen LogP contribution is -2.42. The maximum atomic E-state index is 11.8. The molecule has 0 spiro atoms. The van der Waals surface area contributed by atoms with Crippen molar-refractivity contribution >= 4 is 13.0 Å². The van der Waals surface area contributed by atoms with E-state index in [-0.39, 0.29) is 5.91 Å². The van der Waals surface area contributed by atoms with Crippen LogP contribution in [0.3, 0.4) is 0 Å². The molecule has 0 unspecified atom stereocenters. The van der Waals surface area contributed by atoms with E-state index in [0.29, 0.717) is 0 Å². The van der Waals surface area contributed by atoms with Gasteiger partial charge in [0.2, 0.25) is 5.91 Å². The zero-order valence-corrected chi connectivity index (χ0v) is 11.3. The van der Waals surface area contributed by atoms with Gasteiger partial charge in [-0.3, -0.25) is 4.79 Å². The lowest BCUT2D eigenvalue weighted by atomic mass is 9.59. The van der Waals surface area contributed by atoms with E-state index >= 15 is 0 Å². The van der Waals surface area contributed by atoms with Gasteiger partial charge in [-0.25, -0.2) is 0 Å². The number of amides is 1. The molecule has 0 bridgehead atoms. The van der Waals surface area contributed by atoms with Crippen molar-refractivity contribution in [1.82, 2.24) is 5.32 Å². The Morgan fingerprint density at radius 1 is 1.12 bits per heavy atom. The van der Waals surface area contributed by atoms with E-state index in [1.54, 1.807) is 7.05 Å². The van der Waals surface area contributed by atoms with Crippen molar-refractivity contribution in [2.75, 3.05) is 7.05 Å². The van der Waals surface area contributed by atoms with Crippen molar-refractivity contribution < 1.29 is 14.1 Å². The molecule has 1 N–H and O–H groups in total. The minimum absolute atomic E-state index is 0.0778. The number of hydrogen-bond acceptors (Lipinski definition) is 3. The third-order valence-electron chi connectivity index (χ3n) is 3.65. The molecule has 0 saturated carbocycles. The second kappa shape index (κ2) is 3.74. The van der Waals surface area contributed by atoms with Gasteiger partial charge in [-0.15, -0.1) is 0 Å². The molecule has 16 heavy (non-hydrogen) atoms. The number of carbonyl (C=O) groups is 1. The van der Waals surface area contributed by atoms with Gasteiger partial charge in [0.1, 0.15) is 0 Å². The van der Waals surface area contributed by atoms with E-state index in [1.807, 2.05) is 41.5 Å². The minimum Gasteiger partial charge on any atom is -0.403 e. The third kappa shape index (κ3) is 1.98. The molecular formula is C11H22BNO3. The van der Waals surface area contributed by atoms with Crippen molar-refractivity contribution in [3.63, 3.8) is 0 Å². The van der Waals surface area contributed by atoms with E-state index < -0.39 is 23.6 Å². The first-order chi connectivity index (χ1) is 7.04. The number of nitrogens with one attached hydrogen (secondary N) is 1. The molecule has 1 fully saturated rings. The third-order valence-corrected chi connectivity index (χ3v) is 3.65.